The van der Waals surface area contributed by atoms with Gasteiger partial charge in [0.15, 0.2) is 0 Å². The molecule has 0 bridgehead atoms. The Bertz CT molecular complexity index is 311. The molecule has 0 radical (unpaired) electrons. The van der Waals surface area contributed by atoms with Crippen molar-refractivity contribution in [2.45, 2.75) is 52.0 Å². The van der Waals surface area contributed by atoms with Crippen molar-refractivity contribution in [3.8, 4) is 0 Å². The van der Waals surface area contributed by atoms with Gasteiger partial charge in [-0.05, 0) is 32.7 Å². The first-order valence-electron chi connectivity index (χ1n) is 6.07. The normalized spacial score (nSPS) is 21.9. The van der Waals surface area contributed by atoms with Gasteiger partial charge in [0.1, 0.15) is 5.82 Å². The number of rotatable bonds is 3. The van der Waals surface area contributed by atoms with E-state index in [1.54, 1.807) is 0 Å². The van der Waals surface area contributed by atoms with Gasteiger partial charge in [0.2, 0.25) is 0 Å². The molecule has 1 aromatic rings. The minimum atomic E-state index is 0.633. The highest BCUT2D eigenvalue weighted by molar-refractivity contribution is 5.13. The summed E-state index contributed by atoms with van der Waals surface area (Å²) in [4.78, 5) is 8.02. The van der Waals surface area contributed by atoms with Crippen molar-refractivity contribution in [2.75, 3.05) is 6.54 Å². The second kappa shape index (κ2) is 4.79. The predicted molar refractivity (Wildman–Crippen MR) is 62.0 cm³/mol. The maximum atomic E-state index is 4.63. The third-order valence-corrected chi connectivity index (χ3v) is 3.22. The van der Waals surface area contributed by atoms with Gasteiger partial charge in [-0.15, -0.1) is 0 Å². The van der Waals surface area contributed by atoms with Gasteiger partial charge in [-0.3, -0.25) is 0 Å². The van der Waals surface area contributed by atoms with Crippen molar-refractivity contribution < 1.29 is 0 Å². The van der Waals surface area contributed by atoms with Crippen LogP contribution in [0.25, 0.3) is 0 Å². The highest BCUT2D eigenvalue weighted by atomic mass is 15.0. The number of hydrogen-bond donors (Lipinski definition) is 2. The number of imidazole rings is 1. The first-order valence-corrected chi connectivity index (χ1v) is 6.07. The molecule has 0 aliphatic carbocycles. The van der Waals surface area contributed by atoms with Crippen molar-refractivity contribution in [3.05, 3.63) is 17.2 Å². The summed E-state index contributed by atoms with van der Waals surface area (Å²) in [5.41, 5.74) is 2.46. The molecule has 1 aliphatic rings. The fourth-order valence-corrected chi connectivity index (χ4v) is 2.34. The maximum absolute atomic E-state index is 4.63. The van der Waals surface area contributed by atoms with Gasteiger partial charge in [-0.25, -0.2) is 4.98 Å². The van der Waals surface area contributed by atoms with Crippen LogP contribution in [0.4, 0.5) is 0 Å². The SMILES string of the molecule is CCc1nc(CC2CCCCN2)[nH]c1C. The van der Waals surface area contributed by atoms with Crippen LogP contribution in [0.3, 0.4) is 0 Å². The average Bonchev–Trinajstić information content (AvgIpc) is 2.60. The fraction of sp³-hybridized carbons (Fsp3) is 0.750. The third-order valence-electron chi connectivity index (χ3n) is 3.22. The number of aromatic amines is 1. The Morgan fingerprint density at radius 1 is 1.40 bits per heavy atom. The fourth-order valence-electron chi connectivity index (χ4n) is 2.34. The van der Waals surface area contributed by atoms with E-state index < -0.39 is 0 Å². The van der Waals surface area contributed by atoms with Crippen LogP contribution >= 0.6 is 0 Å². The molecular weight excluding hydrogens is 186 g/mol. The average molecular weight is 207 g/mol. The minimum Gasteiger partial charge on any atom is -0.346 e. The van der Waals surface area contributed by atoms with Gasteiger partial charge in [-0.2, -0.15) is 0 Å². The van der Waals surface area contributed by atoms with Gasteiger partial charge >= 0.3 is 0 Å². The lowest BCUT2D eigenvalue weighted by molar-refractivity contribution is 0.395. The van der Waals surface area contributed by atoms with Crippen molar-refractivity contribution in [1.29, 1.82) is 0 Å². The maximum Gasteiger partial charge on any atom is 0.108 e. The lowest BCUT2D eigenvalue weighted by atomic mass is 10.0. The van der Waals surface area contributed by atoms with E-state index in [0.717, 1.165) is 18.7 Å². The molecule has 0 saturated carbocycles. The van der Waals surface area contributed by atoms with E-state index in [1.807, 2.05) is 0 Å². The third kappa shape index (κ3) is 2.59. The van der Waals surface area contributed by atoms with Crippen LogP contribution < -0.4 is 5.32 Å². The Hall–Kier alpha value is -0.830. The highest BCUT2D eigenvalue weighted by Crippen LogP contribution is 2.13. The molecule has 0 amide bonds. The molecule has 3 nitrogen and oxygen atoms in total. The largest absolute Gasteiger partial charge is 0.346 e. The topological polar surface area (TPSA) is 40.7 Å². The Kier molecular flexibility index (Phi) is 3.41. The number of aryl methyl sites for hydroxylation is 2. The van der Waals surface area contributed by atoms with Crippen LogP contribution in [0.5, 0.6) is 0 Å². The molecule has 1 aliphatic heterocycles. The lowest BCUT2D eigenvalue weighted by Crippen LogP contribution is -2.35. The molecule has 2 rings (SSSR count). The van der Waals surface area contributed by atoms with Crippen LogP contribution in [0.1, 0.15) is 43.4 Å². The summed E-state index contributed by atoms with van der Waals surface area (Å²) in [5.74, 6) is 1.16. The van der Waals surface area contributed by atoms with Crippen molar-refractivity contribution >= 4 is 0 Å². The number of nitrogens with zero attached hydrogens (tertiary/aromatic N) is 1. The summed E-state index contributed by atoms with van der Waals surface area (Å²) in [6, 6.07) is 0.633. The molecule has 0 spiro atoms. The molecule has 0 aromatic carbocycles. The van der Waals surface area contributed by atoms with Crippen molar-refractivity contribution in [1.82, 2.24) is 15.3 Å². The molecule has 15 heavy (non-hydrogen) atoms. The van der Waals surface area contributed by atoms with Crippen molar-refractivity contribution in [3.63, 3.8) is 0 Å². The summed E-state index contributed by atoms with van der Waals surface area (Å²) in [5, 5.41) is 3.55. The molecular formula is C12H21N3. The number of H-pyrrole nitrogens is 1. The minimum absolute atomic E-state index is 0.633. The van der Waals surface area contributed by atoms with E-state index in [-0.39, 0.29) is 0 Å². The Morgan fingerprint density at radius 2 is 2.27 bits per heavy atom. The Balaban J connectivity index is 1.97. The van der Waals surface area contributed by atoms with E-state index in [1.165, 1.54) is 37.2 Å². The van der Waals surface area contributed by atoms with Gasteiger partial charge in [-0.1, -0.05) is 13.3 Å². The molecule has 1 unspecified atom stereocenters. The van der Waals surface area contributed by atoms with Gasteiger partial charge in [0.05, 0.1) is 5.69 Å². The monoisotopic (exact) mass is 207 g/mol. The second-order valence-electron chi connectivity index (χ2n) is 4.46. The number of piperidine rings is 1. The molecule has 1 aromatic heterocycles. The molecule has 3 heteroatoms. The standard InChI is InChI=1S/C12H21N3/c1-3-11-9(2)14-12(15-11)8-10-6-4-5-7-13-10/h10,13H,3-8H2,1-2H3,(H,14,15). The van der Waals surface area contributed by atoms with Crippen LogP contribution in [0.15, 0.2) is 0 Å². The van der Waals surface area contributed by atoms with E-state index in [2.05, 4.69) is 29.1 Å². The zero-order chi connectivity index (χ0) is 10.7. The van der Waals surface area contributed by atoms with Crippen LogP contribution in [-0.4, -0.2) is 22.6 Å². The zero-order valence-corrected chi connectivity index (χ0v) is 9.77. The second-order valence-corrected chi connectivity index (χ2v) is 4.46. The molecule has 84 valence electrons. The molecule has 1 fully saturated rings. The summed E-state index contributed by atoms with van der Waals surface area (Å²) in [6.45, 7) is 5.44. The van der Waals surface area contributed by atoms with E-state index in [0.29, 0.717) is 6.04 Å². The summed E-state index contributed by atoms with van der Waals surface area (Å²) in [7, 11) is 0. The van der Waals surface area contributed by atoms with Gasteiger partial charge in [0.25, 0.3) is 0 Å². The molecule has 1 saturated heterocycles. The molecule has 2 N–H and O–H groups in total. The zero-order valence-electron chi connectivity index (χ0n) is 9.77. The Labute approximate surface area is 91.7 Å². The van der Waals surface area contributed by atoms with Crippen LogP contribution in [0, 0.1) is 6.92 Å². The Morgan fingerprint density at radius 3 is 2.87 bits per heavy atom. The smallest absolute Gasteiger partial charge is 0.108 e. The molecule has 1 atom stereocenters. The van der Waals surface area contributed by atoms with E-state index >= 15 is 0 Å². The quantitative estimate of drug-likeness (QED) is 0.795. The first-order chi connectivity index (χ1) is 7.29. The first kappa shape index (κ1) is 10.7. The summed E-state index contributed by atoms with van der Waals surface area (Å²) < 4.78 is 0. The van der Waals surface area contributed by atoms with Crippen LogP contribution in [0.2, 0.25) is 0 Å². The van der Waals surface area contributed by atoms with Crippen LogP contribution in [-0.2, 0) is 12.8 Å². The number of aromatic nitrogens is 2. The predicted octanol–water partition coefficient (Wildman–Crippen LogP) is 1.97. The summed E-state index contributed by atoms with van der Waals surface area (Å²) >= 11 is 0. The lowest BCUT2D eigenvalue weighted by Gasteiger charge is -2.22. The molecule has 2 heterocycles. The number of nitrogens with one attached hydrogen (secondary N) is 2. The number of hydrogen-bond acceptors (Lipinski definition) is 2. The van der Waals surface area contributed by atoms with Gasteiger partial charge in [0, 0.05) is 18.2 Å². The highest BCUT2D eigenvalue weighted by Gasteiger charge is 2.15. The van der Waals surface area contributed by atoms with E-state index in [4.69, 9.17) is 0 Å². The summed E-state index contributed by atoms with van der Waals surface area (Å²) in [6.07, 6.45) is 6.06. The van der Waals surface area contributed by atoms with Gasteiger partial charge < -0.3 is 10.3 Å². The van der Waals surface area contributed by atoms with Crippen molar-refractivity contribution in [2.24, 2.45) is 0 Å². The van der Waals surface area contributed by atoms with E-state index in [9.17, 15) is 0 Å².